The number of aromatic amines is 1. The Hall–Kier alpha value is -1.52. The van der Waals surface area contributed by atoms with E-state index in [0.29, 0.717) is 6.04 Å². The number of rotatable bonds is 4. The van der Waals surface area contributed by atoms with Gasteiger partial charge in [0.25, 0.3) is 0 Å². The van der Waals surface area contributed by atoms with Crippen LogP contribution in [0.1, 0.15) is 43.7 Å². The highest BCUT2D eigenvalue weighted by Crippen LogP contribution is 2.41. The average molecular weight is 327 g/mol. The van der Waals surface area contributed by atoms with E-state index in [4.69, 9.17) is 4.74 Å². The predicted molar refractivity (Wildman–Crippen MR) is 98.6 cm³/mol. The number of nitrogens with one attached hydrogen (secondary N) is 2. The average Bonchev–Trinajstić information content (AvgIpc) is 3.07. The lowest BCUT2D eigenvalue weighted by Crippen LogP contribution is -2.47. The zero-order chi connectivity index (χ0) is 16.4. The number of ether oxygens (including phenoxy) is 1. The minimum absolute atomic E-state index is 0.535. The predicted octanol–water partition coefficient (Wildman–Crippen LogP) is 3.70. The van der Waals surface area contributed by atoms with Gasteiger partial charge in [0, 0.05) is 49.3 Å². The first kappa shape index (κ1) is 16.0. The molecule has 24 heavy (non-hydrogen) atoms. The van der Waals surface area contributed by atoms with Crippen molar-refractivity contribution in [3.05, 3.63) is 30.0 Å². The smallest absolute Gasteiger partial charge is 0.119 e. The summed E-state index contributed by atoms with van der Waals surface area (Å²) in [6.07, 6.45) is 9.17. The van der Waals surface area contributed by atoms with E-state index >= 15 is 0 Å². The van der Waals surface area contributed by atoms with E-state index in [2.05, 4.69) is 33.5 Å². The maximum absolute atomic E-state index is 5.48. The Labute approximate surface area is 144 Å². The summed E-state index contributed by atoms with van der Waals surface area (Å²) in [4.78, 5) is 6.22. The molecule has 2 fully saturated rings. The quantitative estimate of drug-likeness (QED) is 0.899. The number of nitrogens with zero attached hydrogens (tertiary/aromatic N) is 1. The van der Waals surface area contributed by atoms with Crippen LogP contribution in [0.5, 0.6) is 5.75 Å². The Morgan fingerprint density at radius 2 is 1.92 bits per heavy atom. The number of H-pyrrole nitrogens is 1. The molecule has 4 heteroatoms. The summed E-state index contributed by atoms with van der Waals surface area (Å²) in [6.45, 7) is 4.51. The molecule has 1 atom stereocenters. The zero-order valence-electron chi connectivity index (χ0n) is 14.7. The Balaban J connectivity index is 1.74. The number of fused-ring (bicyclic) bond motifs is 1. The normalized spacial score (nSPS) is 21.9. The summed E-state index contributed by atoms with van der Waals surface area (Å²) in [6, 6.07) is 6.93. The Morgan fingerprint density at radius 1 is 1.12 bits per heavy atom. The van der Waals surface area contributed by atoms with Crippen molar-refractivity contribution in [2.75, 3.05) is 33.3 Å². The SMILES string of the molecule is COc1ccc2[nH]cc([C@@H](C3CCCCC3)N3CCNCC3)c2c1. The van der Waals surface area contributed by atoms with Crippen molar-refractivity contribution in [1.82, 2.24) is 15.2 Å². The molecular formula is C20H29N3O. The van der Waals surface area contributed by atoms with Crippen molar-refractivity contribution in [3.63, 3.8) is 0 Å². The van der Waals surface area contributed by atoms with Crippen molar-refractivity contribution in [2.24, 2.45) is 5.92 Å². The number of piperazine rings is 1. The molecule has 1 saturated heterocycles. The standard InChI is InChI=1S/C20H29N3O/c1-24-16-7-8-19-17(13-16)18(14-22-19)20(15-5-3-2-4-6-15)23-11-9-21-10-12-23/h7-8,13-15,20-22H,2-6,9-12H2,1H3/t20-/m1/s1. The molecule has 0 spiro atoms. The minimum Gasteiger partial charge on any atom is -0.497 e. The first-order valence-corrected chi connectivity index (χ1v) is 9.46. The molecule has 130 valence electrons. The fourth-order valence-corrected chi connectivity index (χ4v) is 4.65. The zero-order valence-corrected chi connectivity index (χ0v) is 14.7. The molecule has 0 bridgehead atoms. The highest BCUT2D eigenvalue weighted by Gasteiger charge is 2.32. The maximum Gasteiger partial charge on any atom is 0.119 e. The molecule has 1 saturated carbocycles. The molecular weight excluding hydrogens is 298 g/mol. The van der Waals surface area contributed by atoms with Gasteiger partial charge >= 0.3 is 0 Å². The molecule has 1 aromatic carbocycles. The summed E-state index contributed by atoms with van der Waals surface area (Å²) < 4.78 is 5.48. The van der Waals surface area contributed by atoms with Crippen molar-refractivity contribution < 1.29 is 4.74 Å². The molecule has 0 unspecified atom stereocenters. The topological polar surface area (TPSA) is 40.3 Å². The van der Waals surface area contributed by atoms with Gasteiger partial charge in [0.05, 0.1) is 7.11 Å². The van der Waals surface area contributed by atoms with Crippen LogP contribution >= 0.6 is 0 Å². The van der Waals surface area contributed by atoms with Crippen LogP contribution in [0.2, 0.25) is 0 Å². The van der Waals surface area contributed by atoms with Crippen LogP contribution in [-0.2, 0) is 0 Å². The summed E-state index contributed by atoms with van der Waals surface area (Å²) >= 11 is 0. The van der Waals surface area contributed by atoms with E-state index in [9.17, 15) is 0 Å². The molecule has 0 radical (unpaired) electrons. The van der Waals surface area contributed by atoms with E-state index in [1.165, 1.54) is 48.6 Å². The van der Waals surface area contributed by atoms with Crippen LogP contribution < -0.4 is 10.1 Å². The summed E-state index contributed by atoms with van der Waals surface area (Å²) in [7, 11) is 1.75. The first-order valence-electron chi connectivity index (χ1n) is 9.46. The van der Waals surface area contributed by atoms with Gasteiger partial charge in [-0.15, -0.1) is 0 Å². The van der Waals surface area contributed by atoms with Gasteiger partial charge in [0.2, 0.25) is 0 Å². The molecule has 1 aromatic heterocycles. The molecule has 4 rings (SSSR count). The Bertz CT molecular complexity index is 651. The second kappa shape index (κ2) is 7.16. The van der Waals surface area contributed by atoms with Crippen LogP contribution in [0.3, 0.4) is 0 Å². The van der Waals surface area contributed by atoms with Gasteiger partial charge in [-0.25, -0.2) is 0 Å². The molecule has 2 N–H and O–H groups in total. The lowest BCUT2D eigenvalue weighted by Gasteiger charge is -2.41. The van der Waals surface area contributed by atoms with Gasteiger partial charge in [-0.2, -0.15) is 0 Å². The number of methoxy groups -OCH3 is 1. The van der Waals surface area contributed by atoms with E-state index < -0.39 is 0 Å². The lowest BCUT2D eigenvalue weighted by molar-refractivity contribution is 0.104. The third-order valence-corrected chi connectivity index (χ3v) is 5.88. The Morgan fingerprint density at radius 3 is 2.67 bits per heavy atom. The van der Waals surface area contributed by atoms with E-state index in [1.807, 2.05) is 6.07 Å². The van der Waals surface area contributed by atoms with Gasteiger partial charge < -0.3 is 15.0 Å². The molecule has 0 amide bonds. The molecule has 1 aliphatic carbocycles. The van der Waals surface area contributed by atoms with Crippen molar-refractivity contribution in [2.45, 2.75) is 38.1 Å². The summed E-state index contributed by atoms with van der Waals surface area (Å²) in [5.41, 5.74) is 2.69. The maximum atomic E-state index is 5.48. The lowest BCUT2D eigenvalue weighted by atomic mass is 9.80. The second-order valence-corrected chi connectivity index (χ2v) is 7.28. The second-order valence-electron chi connectivity index (χ2n) is 7.28. The van der Waals surface area contributed by atoms with Crippen molar-refractivity contribution >= 4 is 10.9 Å². The first-order chi connectivity index (χ1) is 11.9. The highest BCUT2D eigenvalue weighted by atomic mass is 16.5. The molecule has 2 aliphatic rings. The summed E-state index contributed by atoms with van der Waals surface area (Å²) in [5, 5.41) is 4.84. The third kappa shape index (κ3) is 3.05. The van der Waals surface area contributed by atoms with Gasteiger partial charge in [-0.1, -0.05) is 19.3 Å². The Kier molecular flexibility index (Phi) is 4.76. The van der Waals surface area contributed by atoms with Crippen LogP contribution in [0.25, 0.3) is 10.9 Å². The van der Waals surface area contributed by atoms with Gasteiger partial charge in [0.1, 0.15) is 5.75 Å². The number of benzene rings is 1. The van der Waals surface area contributed by atoms with E-state index in [1.54, 1.807) is 7.11 Å². The fourth-order valence-electron chi connectivity index (χ4n) is 4.65. The molecule has 2 heterocycles. The highest BCUT2D eigenvalue weighted by molar-refractivity contribution is 5.85. The fraction of sp³-hybridized carbons (Fsp3) is 0.600. The van der Waals surface area contributed by atoms with Crippen LogP contribution in [-0.4, -0.2) is 43.2 Å². The number of hydrogen-bond acceptors (Lipinski definition) is 3. The molecule has 1 aliphatic heterocycles. The molecule has 2 aromatic rings. The van der Waals surface area contributed by atoms with E-state index in [-0.39, 0.29) is 0 Å². The van der Waals surface area contributed by atoms with Crippen LogP contribution in [0.4, 0.5) is 0 Å². The largest absolute Gasteiger partial charge is 0.497 e. The van der Waals surface area contributed by atoms with Gasteiger partial charge in [-0.3, -0.25) is 4.90 Å². The van der Waals surface area contributed by atoms with Crippen LogP contribution in [0, 0.1) is 5.92 Å². The van der Waals surface area contributed by atoms with E-state index in [0.717, 1.165) is 37.8 Å². The van der Waals surface area contributed by atoms with Gasteiger partial charge in [0.15, 0.2) is 0 Å². The van der Waals surface area contributed by atoms with Gasteiger partial charge in [-0.05, 0) is 42.5 Å². The third-order valence-electron chi connectivity index (χ3n) is 5.88. The van der Waals surface area contributed by atoms with Crippen molar-refractivity contribution in [3.8, 4) is 5.75 Å². The monoisotopic (exact) mass is 327 g/mol. The summed E-state index contributed by atoms with van der Waals surface area (Å²) in [5.74, 6) is 1.73. The number of aromatic nitrogens is 1. The van der Waals surface area contributed by atoms with Crippen LogP contribution in [0.15, 0.2) is 24.4 Å². The van der Waals surface area contributed by atoms with Crippen molar-refractivity contribution in [1.29, 1.82) is 0 Å². The number of hydrogen-bond donors (Lipinski definition) is 2. The minimum atomic E-state index is 0.535. The molecule has 4 nitrogen and oxygen atoms in total.